The lowest BCUT2D eigenvalue weighted by Crippen LogP contribution is -2.02. The van der Waals surface area contributed by atoms with Crippen LogP contribution in [0.2, 0.25) is 0 Å². The molecule has 0 fully saturated rings. The molecule has 2 rings (SSSR count). The third-order valence-electron chi connectivity index (χ3n) is 3.02. The molecule has 0 bridgehead atoms. The van der Waals surface area contributed by atoms with Crippen LogP contribution in [0.5, 0.6) is 0 Å². The molecule has 0 saturated carbocycles. The van der Waals surface area contributed by atoms with Crippen LogP contribution in [0.3, 0.4) is 0 Å². The molecule has 0 aliphatic carbocycles. The average Bonchev–Trinajstić information content (AvgIpc) is 2.78. The standard InChI is InChI=1S/C15H19NS/c1-4-12-5-6-13(9-11(12)2)15-8-7-14(17-15)10-16-3/h5-9,16H,4,10H2,1-3H3. The molecule has 1 aromatic carbocycles. The Bertz CT molecular complexity index is 499. The molecule has 2 heteroatoms. The van der Waals surface area contributed by atoms with Crippen LogP contribution in [0.4, 0.5) is 0 Å². The Balaban J connectivity index is 2.29. The predicted octanol–water partition coefficient (Wildman–Crippen LogP) is 4.01. The molecule has 0 amide bonds. The number of hydrogen-bond donors (Lipinski definition) is 1. The molecule has 0 aliphatic rings. The summed E-state index contributed by atoms with van der Waals surface area (Å²) in [6, 6.07) is 11.2. The molecule has 1 N–H and O–H groups in total. The van der Waals surface area contributed by atoms with Gasteiger partial charge in [0.15, 0.2) is 0 Å². The van der Waals surface area contributed by atoms with Crippen molar-refractivity contribution < 1.29 is 0 Å². The van der Waals surface area contributed by atoms with Gasteiger partial charge in [0.05, 0.1) is 0 Å². The Hall–Kier alpha value is -1.12. The van der Waals surface area contributed by atoms with Crippen molar-refractivity contribution in [1.82, 2.24) is 5.32 Å². The summed E-state index contributed by atoms with van der Waals surface area (Å²) in [6.07, 6.45) is 1.11. The van der Waals surface area contributed by atoms with Crippen LogP contribution >= 0.6 is 11.3 Å². The quantitative estimate of drug-likeness (QED) is 0.858. The Kier molecular flexibility index (Phi) is 3.97. The van der Waals surface area contributed by atoms with Crippen LogP contribution < -0.4 is 5.32 Å². The fourth-order valence-electron chi connectivity index (χ4n) is 2.05. The fraction of sp³-hybridized carbons (Fsp3) is 0.333. The van der Waals surface area contributed by atoms with E-state index in [1.165, 1.54) is 26.4 Å². The third-order valence-corrected chi connectivity index (χ3v) is 4.15. The van der Waals surface area contributed by atoms with E-state index in [2.05, 4.69) is 49.5 Å². The van der Waals surface area contributed by atoms with E-state index in [1.807, 2.05) is 18.4 Å². The van der Waals surface area contributed by atoms with Gasteiger partial charge in [-0.15, -0.1) is 11.3 Å². The summed E-state index contributed by atoms with van der Waals surface area (Å²) in [7, 11) is 1.99. The van der Waals surface area contributed by atoms with Crippen molar-refractivity contribution >= 4 is 11.3 Å². The van der Waals surface area contributed by atoms with E-state index in [9.17, 15) is 0 Å². The summed E-state index contributed by atoms with van der Waals surface area (Å²) in [5, 5.41) is 3.19. The van der Waals surface area contributed by atoms with Crippen molar-refractivity contribution in [3.05, 3.63) is 46.3 Å². The van der Waals surface area contributed by atoms with E-state index in [0.717, 1.165) is 13.0 Å². The summed E-state index contributed by atoms with van der Waals surface area (Å²) >= 11 is 1.87. The fourth-order valence-corrected chi connectivity index (χ4v) is 3.06. The van der Waals surface area contributed by atoms with Gasteiger partial charge in [-0.25, -0.2) is 0 Å². The minimum atomic E-state index is 0.955. The topological polar surface area (TPSA) is 12.0 Å². The van der Waals surface area contributed by atoms with E-state index < -0.39 is 0 Å². The number of aryl methyl sites for hydroxylation is 2. The van der Waals surface area contributed by atoms with Crippen LogP contribution in [-0.4, -0.2) is 7.05 Å². The molecule has 1 heterocycles. The summed E-state index contributed by atoms with van der Waals surface area (Å²) in [5.74, 6) is 0. The maximum absolute atomic E-state index is 3.19. The van der Waals surface area contributed by atoms with Crippen LogP contribution in [0.1, 0.15) is 22.9 Å². The Morgan fingerprint density at radius 3 is 2.65 bits per heavy atom. The lowest BCUT2D eigenvalue weighted by molar-refractivity contribution is 0.831. The zero-order valence-corrected chi connectivity index (χ0v) is 11.5. The molecule has 1 nitrogen and oxygen atoms in total. The van der Waals surface area contributed by atoms with Crippen molar-refractivity contribution in [1.29, 1.82) is 0 Å². The SMILES string of the molecule is CCc1ccc(-c2ccc(CNC)s2)cc1C. The van der Waals surface area contributed by atoms with Crippen LogP contribution in [-0.2, 0) is 13.0 Å². The highest BCUT2D eigenvalue weighted by Gasteiger charge is 2.04. The molecule has 17 heavy (non-hydrogen) atoms. The van der Waals surface area contributed by atoms with Gasteiger partial charge in [0.2, 0.25) is 0 Å². The van der Waals surface area contributed by atoms with Gasteiger partial charge < -0.3 is 5.32 Å². The molecule has 0 radical (unpaired) electrons. The summed E-state index contributed by atoms with van der Waals surface area (Å²) < 4.78 is 0. The van der Waals surface area contributed by atoms with Gasteiger partial charge >= 0.3 is 0 Å². The third kappa shape index (κ3) is 2.76. The van der Waals surface area contributed by atoms with Crippen molar-refractivity contribution in [2.75, 3.05) is 7.05 Å². The normalized spacial score (nSPS) is 10.8. The van der Waals surface area contributed by atoms with Gasteiger partial charge in [-0.05, 0) is 49.2 Å². The molecule has 0 aliphatic heterocycles. The molecule has 1 aromatic heterocycles. The first-order valence-electron chi connectivity index (χ1n) is 6.07. The first kappa shape index (κ1) is 12.3. The summed E-state index contributed by atoms with van der Waals surface area (Å²) in [6.45, 7) is 5.36. The highest BCUT2D eigenvalue weighted by molar-refractivity contribution is 7.15. The second-order valence-corrected chi connectivity index (χ2v) is 5.46. The van der Waals surface area contributed by atoms with Crippen molar-refractivity contribution in [3.8, 4) is 10.4 Å². The molecule has 0 saturated heterocycles. The molecule has 90 valence electrons. The Morgan fingerprint density at radius 2 is 2.00 bits per heavy atom. The predicted molar refractivity (Wildman–Crippen MR) is 76.6 cm³/mol. The number of nitrogens with one attached hydrogen (secondary N) is 1. The lowest BCUT2D eigenvalue weighted by Gasteiger charge is -2.05. The lowest BCUT2D eigenvalue weighted by atomic mass is 10.0. The molecule has 0 atom stereocenters. The van der Waals surface area contributed by atoms with E-state index in [0.29, 0.717) is 0 Å². The molecule has 0 spiro atoms. The first-order chi connectivity index (χ1) is 8.24. The monoisotopic (exact) mass is 245 g/mol. The van der Waals surface area contributed by atoms with Crippen molar-refractivity contribution in [2.24, 2.45) is 0 Å². The molecular formula is C15H19NS. The number of hydrogen-bond acceptors (Lipinski definition) is 2. The smallest absolute Gasteiger partial charge is 0.0346 e. The minimum absolute atomic E-state index is 0.955. The van der Waals surface area contributed by atoms with Gasteiger partial charge in [-0.1, -0.05) is 25.1 Å². The first-order valence-corrected chi connectivity index (χ1v) is 6.89. The second-order valence-electron chi connectivity index (χ2n) is 4.29. The maximum Gasteiger partial charge on any atom is 0.0346 e. The van der Waals surface area contributed by atoms with Gasteiger partial charge in [-0.3, -0.25) is 0 Å². The van der Waals surface area contributed by atoms with Crippen LogP contribution in [0.15, 0.2) is 30.3 Å². The molecular weight excluding hydrogens is 226 g/mol. The maximum atomic E-state index is 3.19. The van der Waals surface area contributed by atoms with Gasteiger partial charge in [-0.2, -0.15) is 0 Å². The van der Waals surface area contributed by atoms with Gasteiger partial charge in [0.25, 0.3) is 0 Å². The van der Waals surface area contributed by atoms with Crippen molar-refractivity contribution in [2.45, 2.75) is 26.8 Å². The Labute approximate surface area is 108 Å². The highest BCUT2D eigenvalue weighted by atomic mass is 32.1. The number of rotatable bonds is 4. The number of thiophene rings is 1. The summed E-state index contributed by atoms with van der Waals surface area (Å²) in [5.41, 5.74) is 4.18. The molecule has 2 aromatic rings. The number of benzene rings is 1. The van der Waals surface area contributed by atoms with Crippen LogP contribution in [0.25, 0.3) is 10.4 Å². The van der Waals surface area contributed by atoms with E-state index >= 15 is 0 Å². The van der Waals surface area contributed by atoms with E-state index in [-0.39, 0.29) is 0 Å². The minimum Gasteiger partial charge on any atom is -0.315 e. The average molecular weight is 245 g/mol. The van der Waals surface area contributed by atoms with Gasteiger partial charge in [0.1, 0.15) is 0 Å². The zero-order chi connectivity index (χ0) is 12.3. The summed E-state index contributed by atoms with van der Waals surface area (Å²) in [4.78, 5) is 2.75. The second kappa shape index (κ2) is 5.48. The molecule has 0 unspecified atom stereocenters. The van der Waals surface area contributed by atoms with Gasteiger partial charge in [0, 0.05) is 16.3 Å². The van der Waals surface area contributed by atoms with E-state index in [4.69, 9.17) is 0 Å². The Morgan fingerprint density at radius 1 is 1.18 bits per heavy atom. The van der Waals surface area contributed by atoms with Crippen molar-refractivity contribution in [3.63, 3.8) is 0 Å². The highest BCUT2D eigenvalue weighted by Crippen LogP contribution is 2.29. The zero-order valence-electron chi connectivity index (χ0n) is 10.7. The van der Waals surface area contributed by atoms with E-state index in [1.54, 1.807) is 0 Å². The largest absolute Gasteiger partial charge is 0.315 e. The van der Waals surface area contributed by atoms with Crippen LogP contribution in [0, 0.1) is 6.92 Å².